The van der Waals surface area contributed by atoms with Gasteiger partial charge in [0.15, 0.2) is 39.6 Å². The normalized spacial score (nSPS) is 18.6. The fourth-order valence-electron chi connectivity index (χ4n) is 6.85. The van der Waals surface area contributed by atoms with E-state index in [0.29, 0.717) is 42.4 Å². The molecule has 0 bridgehead atoms. The number of fused-ring (bicyclic) bond motifs is 2. The van der Waals surface area contributed by atoms with Gasteiger partial charge < -0.3 is 43.3 Å². The van der Waals surface area contributed by atoms with Gasteiger partial charge in [0.05, 0.1) is 18.2 Å². The maximum atomic E-state index is 9.15. The van der Waals surface area contributed by atoms with Gasteiger partial charge in [0.25, 0.3) is 0 Å². The summed E-state index contributed by atoms with van der Waals surface area (Å²) in [5.74, 6) is 3.10. The first-order chi connectivity index (χ1) is 27.0. The minimum absolute atomic E-state index is 0.0441. The molecule has 0 amide bonds. The third-order valence-corrected chi connectivity index (χ3v) is 10.9. The van der Waals surface area contributed by atoms with Crippen molar-refractivity contribution in [3.8, 4) is 23.0 Å². The molecule has 2 N–H and O–H groups in total. The number of azide groups is 1. The van der Waals surface area contributed by atoms with Crippen molar-refractivity contribution in [1.29, 1.82) is 0 Å². The van der Waals surface area contributed by atoms with Crippen molar-refractivity contribution in [2.24, 2.45) is 10.8 Å². The number of likely N-dealkylation sites (tertiary alicyclic amines) is 2. The van der Waals surface area contributed by atoms with Gasteiger partial charge in [-0.15, -0.1) is 0 Å². The van der Waals surface area contributed by atoms with Crippen LogP contribution in [0.25, 0.3) is 10.4 Å². The van der Waals surface area contributed by atoms with E-state index in [1.807, 2.05) is 30.3 Å². The van der Waals surface area contributed by atoms with Crippen molar-refractivity contribution in [2.75, 3.05) is 65.7 Å². The van der Waals surface area contributed by atoms with E-state index in [2.05, 4.69) is 165 Å². The molecule has 0 spiro atoms. The van der Waals surface area contributed by atoms with Crippen molar-refractivity contribution < 1.29 is 42.2 Å². The third-order valence-electron chi connectivity index (χ3n) is 9.00. The molecular weight excluding hydrogens is 1410 g/mol. The van der Waals surface area contributed by atoms with Crippen molar-refractivity contribution in [3.05, 3.63) is 58.0 Å². The number of benzene rings is 2. The Bertz CT molecular complexity index is 1530. The molecule has 57 heavy (non-hydrogen) atoms. The summed E-state index contributed by atoms with van der Waals surface area (Å²) in [4.78, 5) is 7.65. The Hall–Kier alpha value is 2.00. The van der Waals surface area contributed by atoms with Crippen LogP contribution >= 0.6 is 99.9 Å². The Morgan fingerprint density at radius 2 is 1.09 bits per heavy atom. The summed E-state index contributed by atoms with van der Waals surface area (Å²) in [6, 6.07) is 11.7. The molecule has 4 aliphatic rings. The summed E-state index contributed by atoms with van der Waals surface area (Å²) in [6.45, 7) is 21.4. The van der Waals surface area contributed by atoms with Gasteiger partial charge in [-0.05, 0) is 132 Å². The molecule has 4 aliphatic heterocycles. The third kappa shape index (κ3) is 21.0. The Morgan fingerprint density at radius 3 is 1.49 bits per heavy atom. The molecular formula is C36H58I5N6O6Si2V2. The predicted molar refractivity (Wildman–Crippen MR) is 272 cm³/mol. The molecule has 0 saturated carbocycles. The number of rotatable bonds is 13. The molecule has 6 rings (SSSR count). The summed E-state index contributed by atoms with van der Waals surface area (Å²) in [5, 5.41) is 4.12. The summed E-state index contributed by atoms with van der Waals surface area (Å²) in [6.07, 6.45) is 4.56. The van der Waals surface area contributed by atoms with E-state index in [1.165, 1.54) is 25.7 Å². The zero-order valence-electron chi connectivity index (χ0n) is 33.7. The summed E-state index contributed by atoms with van der Waals surface area (Å²) in [5.41, 5.74) is 17.8. The number of hydrogen-bond acceptors (Lipinski definition) is 10. The van der Waals surface area contributed by atoms with Crippen LogP contribution in [-0.2, 0) is 23.2 Å². The van der Waals surface area contributed by atoms with E-state index >= 15 is 0 Å². The van der Waals surface area contributed by atoms with Gasteiger partial charge >= 0.3 is 114 Å². The van der Waals surface area contributed by atoms with E-state index in [1.54, 1.807) is 0 Å². The predicted octanol–water partition coefficient (Wildman–Crippen LogP) is 11.3. The molecule has 0 aliphatic carbocycles. The van der Waals surface area contributed by atoms with E-state index < -0.39 is 16.6 Å². The van der Waals surface area contributed by atoms with Crippen molar-refractivity contribution in [1.82, 2.24) is 9.80 Å². The molecule has 1 unspecified atom stereocenters. The summed E-state index contributed by atoms with van der Waals surface area (Å²) in [7, 11) is -2.96. The quantitative estimate of drug-likeness (QED) is 0.0683. The summed E-state index contributed by atoms with van der Waals surface area (Å²) < 4.78 is 35.7. The van der Waals surface area contributed by atoms with Gasteiger partial charge in [-0.3, -0.25) is 0 Å². The molecule has 2 aromatic rings. The van der Waals surface area contributed by atoms with Crippen LogP contribution in [0.4, 0.5) is 0 Å². The van der Waals surface area contributed by atoms with Crippen LogP contribution in [-0.4, -0.2) is 104 Å². The van der Waals surface area contributed by atoms with Gasteiger partial charge in [0, 0.05) is 24.0 Å². The number of nitrogens with two attached hydrogens (primary N) is 1. The van der Waals surface area contributed by atoms with Gasteiger partial charge in [0.1, 0.15) is 26.4 Å². The van der Waals surface area contributed by atoms with E-state index in [9.17, 15) is 0 Å². The van der Waals surface area contributed by atoms with Crippen LogP contribution in [0.2, 0.25) is 39.3 Å². The standard InChI is InChI=1S/C18H28N4O3Si.C18H30N2O3Si.5HI.2V/c1-26(2,3)25-18(15(20-21-19)13-22-8-4-5-9-22)14-6-7-16-17(12-14)24-11-10-23-16;1-24(2,3)23-18(15(19)13-20-8-4-5-9-20)14-6-7-16-17(12-14)22-11-10-21-16;;;;;;;/h6-7,12,15,18H,4-5,8-11,13H2,1-3H3;6-7,12,15,18H,4-5,8-11,13,19H2,1-3H3;5*1H;;/q;;;;;;;+2;+3/p-5/t15?,18-;15-,18-;;;;;;;/m11......./s1. The van der Waals surface area contributed by atoms with Gasteiger partial charge in [-0.25, -0.2) is 0 Å². The van der Waals surface area contributed by atoms with E-state index in [4.69, 9.17) is 39.1 Å². The molecule has 0 aromatic heterocycles. The Balaban J connectivity index is 0.000000263. The molecule has 21 heteroatoms. The number of hydrogen-bond donors (Lipinski definition) is 1. The Labute approximate surface area is 409 Å². The first kappa shape index (κ1) is 53.3. The second kappa shape index (κ2) is 28.0. The molecule has 2 fully saturated rings. The van der Waals surface area contributed by atoms with E-state index in [0.717, 1.165) is 66.8 Å². The van der Waals surface area contributed by atoms with Gasteiger partial charge in [-0.2, -0.15) is 0 Å². The Kier molecular flexibility index (Phi) is 26.2. The van der Waals surface area contributed by atoms with Crippen LogP contribution in [0, 0.1) is 0 Å². The number of halogens is 5. The van der Waals surface area contributed by atoms with Crippen LogP contribution in [0.15, 0.2) is 41.5 Å². The second-order valence-electron chi connectivity index (χ2n) is 15.8. The fraction of sp³-hybridized carbons (Fsp3) is 0.667. The van der Waals surface area contributed by atoms with Crippen LogP contribution in [0.1, 0.15) is 49.0 Å². The maximum absolute atomic E-state index is 9.15. The van der Waals surface area contributed by atoms with Crippen LogP contribution in [0.5, 0.6) is 23.0 Å². The van der Waals surface area contributed by atoms with Gasteiger partial charge in [-0.1, -0.05) is 17.2 Å². The first-order valence-corrected chi connectivity index (χ1v) is 48.5. The van der Waals surface area contributed by atoms with Crippen molar-refractivity contribution in [2.45, 2.75) is 89.3 Å². The van der Waals surface area contributed by atoms with Crippen LogP contribution < -0.4 is 24.7 Å². The SMILES string of the molecule is C[Si](C)(C)O[C@H](c1ccc2c(c1)OCCO2)C(CN1CCCC1)N=[N+]=[N-].C[Si](C)(C)O[C@H](c1ccc2c(c1)OCCO2)[C@H](N)CN1CCCC1.[I][V]([I])[I].[I][V][I]. The average Bonchev–Trinajstić information content (AvgIpc) is 3.87. The van der Waals surface area contributed by atoms with Crippen molar-refractivity contribution in [3.63, 3.8) is 0 Å². The molecule has 0 radical (unpaired) electrons. The van der Waals surface area contributed by atoms with Gasteiger partial charge in [0.2, 0.25) is 0 Å². The van der Waals surface area contributed by atoms with Crippen molar-refractivity contribution >= 4 is 117 Å². The topological polar surface area (TPSA) is 137 Å². The monoisotopic (exact) mass is 1460 g/mol. The molecule has 2 aromatic carbocycles. The van der Waals surface area contributed by atoms with Crippen LogP contribution in [0.3, 0.4) is 0 Å². The second-order valence-corrected chi connectivity index (χ2v) is 71.9. The fourth-order valence-corrected chi connectivity index (χ4v) is 8.98. The molecule has 4 heterocycles. The Morgan fingerprint density at radius 1 is 0.719 bits per heavy atom. The number of nitrogens with zero attached hydrogens (tertiary/aromatic N) is 5. The summed E-state index contributed by atoms with van der Waals surface area (Å²) >= 11 is 12.1. The first-order valence-electron chi connectivity index (χ1n) is 19.1. The number of ether oxygens (including phenoxy) is 4. The average molecular weight is 1460 g/mol. The molecule has 321 valence electrons. The molecule has 4 atom stereocenters. The van der Waals surface area contributed by atoms with E-state index in [-0.39, 0.29) is 29.2 Å². The molecule has 12 nitrogen and oxygen atoms in total. The minimum atomic E-state index is -1.86. The zero-order chi connectivity index (χ0) is 42.0. The molecule has 2 saturated heterocycles. The zero-order valence-corrected chi connectivity index (χ0v) is 49.3.